The molecule has 144 valence electrons. The first-order valence-electron chi connectivity index (χ1n) is 10.3. The summed E-state index contributed by atoms with van der Waals surface area (Å²) in [6, 6.07) is 17.8. The molecule has 1 amide bonds. The first-order chi connectivity index (χ1) is 13.7. The van der Waals surface area contributed by atoms with Crippen LogP contribution in [0.5, 0.6) is 5.75 Å². The van der Waals surface area contributed by atoms with Crippen molar-refractivity contribution in [1.82, 2.24) is 4.90 Å². The minimum atomic E-state index is 0.111. The van der Waals surface area contributed by atoms with Gasteiger partial charge in [-0.3, -0.25) is 4.79 Å². The summed E-state index contributed by atoms with van der Waals surface area (Å²) in [5, 5.41) is 8.90. The second kappa shape index (κ2) is 8.48. The number of hydrogen-bond donors (Lipinski definition) is 0. The molecule has 0 radical (unpaired) electrons. The smallest absolute Gasteiger partial charge is 0.260 e. The molecule has 1 aliphatic carbocycles. The molecule has 1 heterocycles. The van der Waals surface area contributed by atoms with Crippen molar-refractivity contribution in [3.8, 4) is 22.9 Å². The lowest BCUT2D eigenvalue weighted by molar-refractivity contribution is -0.139. The summed E-state index contributed by atoms with van der Waals surface area (Å²) in [6.07, 6.45) is 7.36. The summed E-state index contributed by atoms with van der Waals surface area (Å²) < 4.78 is 5.79. The zero-order chi connectivity index (χ0) is 19.3. The van der Waals surface area contributed by atoms with Crippen LogP contribution in [0.25, 0.3) is 11.1 Å². The first kappa shape index (κ1) is 18.6. The normalized spacial score (nSPS) is 21.5. The Bertz CT molecular complexity index is 850. The summed E-state index contributed by atoms with van der Waals surface area (Å²) >= 11 is 0. The van der Waals surface area contributed by atoms with Crippen molar-refractivity contribution in [1.29, 1.82) is 5.26 Å². The highest BCUT2D eigenvalue weighted by Gasteiger charge is 2.35. The van der Waals surface area contributed by atoms with Crippen LogP contribution in [0, 0.1) is 17.2 Å². The molecule has 2 aromatic carbocycles. The van der Waals surface area contributed by atoms with Gasteiger partial charge in [0.15, 0.2) is 6.61 Å². The van der Waals surface area contributed by atoms with Gasteiger partial charge in [-0.25, -0.2) is 0 Å². The maximum absolute atomic E-state index is 12.7. The fraction of sp³-hybridized carbons (Fsp3) is 0.417. The number of ether oxygens (including phenoxy) is 1. The molecule has 4 rings (SSSR count). The third-order valence-corrected chi connectivity index (χ3v) is 6.13. The van der Waals surface area contributed by atoms with E-state index in [-0.39, 0.29) is 12.5 Å². The molecule has 1 aliphatic heterocycles. The van der Waals surface area contributed by atoms with Gasteiger partial charge >= 0.3 is 0 Å². The number of rotatable bonds is 4. The Labute approximate surface area is 166 Å². The Hall–Kier alpha value is -2.80. The van der Waals surface area contributed by atoms with Crippen LogP contribution in [0.4, 0.5) is 0 Å². The van der Waals surface area contributed by atoms with E-state index in [0.717, 1.165) is 30.5 Å². The standard InChI is InChI=1S/C24H26N2O2/c25-16-18-7-9-19(10-8-18)20-11-13-22(14-12-20)28-17-24(27)26-15-3-5-21-4-1-2-6-23(21)26/h7-14,21,23H,1-6,15,17H2/t21-,23+/m1/s1. The summed E-state index contributed by atoms with van der Waals surface area (Å²) in [6.45, 7) is 0.987. The molecular formula is C24H26N2O2. The molecule has 2 aromatic rings. The van der Waals surface area contributed by atoms with Crippen molar-refractivity contribution >= 4 is 5.91 Å². The topological polar surface area (TPSA) is 53.3 Å². The van der Waals surface area contributed by atoms with E-state index in [9.17, 15) is 4.79 Å². The quantitative estimate of drug-likeness (QED) is 0.773. The molecule has 1 saturated heterocycles. The lowest BCUT2D eigenvalue weighted by Crippen LogP contribution is -2.51. The number of carbonyl (C=O) groups excluding carboxylic acids is 1. The van der Waals surface area contributed by atoms with Crippen LogP contribution in [0.2, 0.25) is 0 Å². The van der Waals surface area contributed by atoms with E-state index in [1.807, 2.05) is 48.5 Å². The van der Waals surface area contributed by atoms with E-state index in [4.69, 9.17) is 10.00 Å². The molecule has 28 heavy (non-hydrogen) atoms. The zero-order valence-corrected chi connectivity index (χ0v) is 16.1. The minimum Gasteiger partial charge on any atom is -0.484 e. The number of hydrogen-bond acceptors (Lipinski definition) is 3. The fourth-order valence-corrected chi connectivity index (χ4v) is 4.64. The lowest BCUT2D eigenvalue weighted by atomic mass is 9.78. The molecular weight excluding hydrogens is 348 g/mol. The van der Waals surface area contributed by atoms with Crippen LogP contribution in [0.1, 0.15) is 44.1 Å². The van der Waals surface area contributed by atoms with E-state index in [1.54, 1.807) is 0 Å². The van der Waals surface area contributed by atoms with E-state index >= 15 is 0 Å². The van der Waals surface area contributed by atoms with Crippen LogP contribution in [0.15, 0.2) is 48.5 Å². The van der Waals surface area contributed by atoms with Gasteiger partial charge in [-0.05, 0) is 67.0 Å². The van der Waals surface area contributed by atoms with E-state index < -0.39 is 0 Å². The van der Waals surface area contributed by atoms with Gasteiger partial charge in [0.1, 0.15) is 5.75 Å². The van der Waals surface area contributed by atoms with Gasteiger partial charge < -0.3 is 9.64 Å². The van der Waals surface area contributed by atoms with E-state index in [1.165, 1.54) is 25.7 Å². The maximum Gasteiger partial charge on any atom is 0.260 e. The third-order valence-electron chi connectivity index (χ3n) is 6.13. The minimum absolute atomic E-state index is 0.111. The predicted octanol–water partition coefficient (Wildman–Crippen LogP) is 4.79. The first-order valence-corrected chi connectivity index (χ1v) is 10.3. The second-order valence-corrected chi connectivity index (χ2v) is 7.84. The second-order valence-electron chi connectivity index (χ2n) is 7.84. The Kier molecular flexibility index (Phi) is 5.62. The third kappa shape index (κ3) is 4.04. The van der Waals surface area contributed by atoms with Crippen molar-refractivity contribution in [2.24, 2.45) is 5.92 Å². The number of benzene rings is 2. The van der Waals surface area contributed by atoms with Gasteiger partial charge in [-0.15, -0.1) is 0 Å². The highest BCUT2D eigenvalue weighted by molar-refractivity contribution is 5.78. The average Bonchev–Trinajstić information content (AvgIpc) is 2.77. The SMILES string of the molecule is N#Cc1ccc(-c2ccc(OCC(=O)N3CCC[C@H]4CCCC[C@@H]43)cc2)cc1. The maximum atomic E-state index is 12.7. The van der Waals surface area contributed by atoms with Crippen molar-refractivity contribution in [2.45, 2.75) is 44.6 Å². The Morgan fingerprint density at radius 2 is 1.61 bits per heavy atom. The number of amides is 1. The van der Waals surface area contributed by atoms with Crippen LogP contribution in [-0.4, -0.2) is 30.0 Å². The Morgan fingerprint density at radius 3 is 2.32 bits per heavy atom. The van der Waals surface area contributed by atoms with Gasteiger partial charge in [0, 0.05) is 12.6 Å². The molecule has 0 spiro atoms. The van der Waals surface area contributed by atoms with E-state index in [0.29, 0.717) is 23.3 Å². The molecule has 0 N–H and O–H groups in total. The van der Waals surface area contributed by atoms with Gasteiger partial charge in [-0.2, -0.15) is 5.26 Å². The van der Waals surface area contributed by atoms with Crippen molar-refractivity contribution in [2.75, 3.05) is 13.2 Å². The molecule has 0 aromatic heterocycles. The van der Waals surface area contributed by atoms with Crippen molar-refractivity contribution < 1.29 is 9.53 Å². The number of nitrogens with zero attached hydrogens (tertiary/aromatic N) is 2. The largest absolute Gasteiger partial charge is 0.484 e. The fourth-order valence-electron chi connectivity index (χ4n) is 4.64. The number of likely N-dealkylation sites (tertiary alicyclic amines) is 1. The van der Waals surface area contributed by atoms with Crippen molar-refractivity contribution in [3.05, 3.63) is 54.1 Å². The molecule has 4 heteroatoms. The van der Waals surface area contributed by atoms with Crippen LogP contribution >= 0.6 is 0 Å². The molecule has 0 unspecified atom stereocenters. The zero-order valence-electron chi connectivity index (χ0n) is 16.1. The molecule has 4 nitrogen and oxygen atoms in total. The predicted molar refractivity (Wildman–Crippen MR) is 109 cm³/mol. The van der Waals surface area contributed by atoms with Gasteiger partial charge in [0.05, 0.1) is 11.6 Å². The van der Waals surface area contributed by atoms with Crippen LogP contribution in [-0.2, 0) is 4.79 Å². The van der Waals surface area contributed by atoms with Crippen LogP contribution in [0.3, 0.4) is 0 Å². The van der Waals surface area contributed by atoms with Gasteiger partial charge in [0.25, 0.3) is 5.91 Å². The Balaban J connectivity index is 1.35. The van der Waals surface area contributed by atoms with Crippen LogP contribution < -0.4 is 4.74 Å². The highest BCUT2D eigenvalue weighted by Crippen LogP contribution is 2.35. The number of nitriles is 1. The molecule has 2 fully saturated rings. The van der Waals surface area contributed by atoms with E-state index in [2.05, 4.69) is 11.0 Å². The number of piperidine rings is 1. The monoisotopic (exact) mass is 374 g/mol. The summed E-state index contributed by atoms with van der Waals surface area (Å²) in [4.78, 5) is 14.8. The molecule has 2 aliphatic rings. The number of carbonyl (C=O) groups is 1. The summed E-state index contributed by atoms with van der Waals surface area (Å²) in [5.41, 5.74) is 2.77. The van der Waals surface area contributed by atoms with Crippen molar-refractivity contribution in [3.63, 3.8) is 0 Å². The molecule has 0 bridgehead atoms. The number of fused-ring (bicyclic) bond motifs is 1. The molecule has 1 saturated carbocycles. The summed E-state index contributed by atoms with van der Waals surface area (Å²) in [5.74, 6) is 1.52. The summed E-state index contributed by atoms with van der Waals surface area (Å²) in [7, 11) is 0. The Morgan fingerprint density at radius 1 is 0.964 bits per heavy atom. The van der Waals surface area contributed by atoms with Gasteiger partial charge in [0.2, 0.25) is 0 Å². The average molecular weight is 374 g/mol. The highest BCUT2D eigenvalue weighted by atomic mass is 16.5. The van der Waals surface area contributed by atoms with Gasteiger partial charge in [-0.1, -0.05) is 37.1 Å². The lowest BCUT2D eigenvalue weighted by Gasteiger charge is -2.44. The molecule has 2 atom stereocenters.